The number of esters is 1. The third-order valence-electron chi connectivity index (χ3n) is 3.71. The number of aryl methyl sites for hydroxylation is 2. The Kier molecular flexibility index (Phi) is 3.73. The summed E-state index contributed by atoms with van der Waals surface area (Å²) >= 11 is 0. The number of rotatable bonds is 3. The number of hydrogen-bond donors (Lipinski definition) is 1. The lowest BCUT2D eigenvalue weighted by molar-refractivity contribution is 0.0523. The zero-order chi connectivity index (χ0) is 16.6. The van der Waals surface area contributed by atoms with Crippen molar-refractivity contribution in [2.24, 2.45) is 0 Å². The molecule has 6 heteroatoms. The van der Waals surface area contributed by atoms with Gasteiger partial charge in [-0.15, -0.1) is 0 Å². The maximum absolute atomic E-state index is 12.6. The van der Waals surface area contributed by atoms with E-state index < -0.39 is 11.5 Å². The van der Waals surface area contributed by atoms with E-state index in [1.54, 1.807) is 13.8 Å². The molecule has 0 aliphatic heterocycles. The van der Waals surface area contributed by atoms with E-state index in [-0.39, 0.29) is 12.2 Å². The largest absolute Gasteiger partial charge is 0.462 e. The van der Waals surface area contributed by atoms with Gasteiger partial charge < -0.3 is 9.72 Å². The molecule has 0 amide bonds. The van der Waals surface area contributed by atoms with Gasteiger partial charge in [-0.2, -0.15) is 0 Å². The van der Waals surface area contributed by atoms with Crippen LogP contribution in [-0.4, -0.2) is 26.9 Å². The summed E-state index contributed by atoms with van der Waals surface area (Å²) in [6.45, 7) is 5.73. The van der Waals surface area contributed by atoms with Crippen LogP contribution in [0.1, 0.15) is 28.5 Å². The molecule has 0 saturated heterocycles. The van der Waals surface area contributed by atoms with E-state index in [2.05, 4.69) is 9.97 Å². The molecule has 0 saturated carbocycles. The van der Waals surface area contributed by atoms with Crippen molar-refractivity contribution in [2.45, 2.75) is 20.8 Å². The number of nitrogens with zero attached hydrogens (tertiary/aromatic N) is 2. The van der Waals surface area contributed by atoms with Crippen molar-refractivity contribution in [3.05, 3.63) is 57.6 Å². The van der Waals surface area contributed by atoms with Gasteiger partial charge in [0.1, 0.15) is 5.56 Å². The zero-order valence-corrected chi connectivity index (χ0v) is 13.2. The Hall–Kier alpha value is -2.89. The number of fused-ring (bicyclic) bond motifs is 1. The second-order valence-electron chi connectivity index (χ2n) is 5.30. The highest BCUT2D eigenvalue weighted by Crippen LogP contribution is 2.22. The van der Waals surface area contributed by atoms with Gasteiger partial charge in [0.25, 0.3) is 5.56 Å². The average molecular weight is 311 g/mol. The number of nitrogens with one attached hydrogen (secondary N) is 1. The number of hydrogen-bond acceptors (Lipinski definition) is 4. The molecule has 118 valence electrons. The Morgan fingerprint density at radius 1 is 1.26 bits per heavy atom. The molecule has 0 bridgehead atoms. The van der Waals surface area contributed by atoms with E-state index in [0.29, 0.717) is 17.2 Å². The standard InChI is InChI=1S/C17H17N3O3/c1-4-23-16(22)13-9-18-17-19-14(11(3)20(17)15(13)21)12-7-5-10(2)6-8-12/h5-9H,4H2,1-3H3,(H,18,19). The van der Waals surface area contributed by atoms with E-state index in [1.165, 1.54) is 10.6 Å². The van der Waals surface area contributed by atoms with Crippen LogP contribution in [-0.2, 0) is 4.74 Å². The maximum atomic E-state index is 12.6. The second kappa shape index (κ2) is 5.72. The summed E-state index contributed by atoms with van der Waals surface area (Å²) in [7, 11) is 0. The maximum Gasteiger partial charge on any atom is 0.345 e. The average Bonchev–Trinajstić information content (AvgIpc) is 2.86. The van der Waals surface area contributed by atoms with Crippen molar-refractivity contribution in [3.8, 4) is 11.3 Å². The summed E-state index contributed by atoms with van der Waals surface area (Å²) in [5.41, 5.74) is 2.99. The highest BCUT2D eigenvalue weighted by molar-refractivity contribution is 5.88. The van der Waals surface area contributed by atoms with Crippen molar-refractivity contribution in [1.29, 1.82) is 0 Å². The monoisotopic (exact) mass is 311 g/mol. The Morgan fingerprint density at radius 3 is 2.61 bits per heavy atom. The summed E-state index contributed by atoms with van der Waals surface area (Å²) in [5, 5.41) is 0. The second-order valence-corrected chi connectivity index (χ2v) is 5.30. The van der Waals surface area contributed by atoms with Gasteiger partial charge in [-0.05, 0) is 20.8 Å². The number of carbonyl (C=O) groups excluding carboxylic acids is 1. The fourth-order valence-corrected chi connectivity index (χ4v) is 2.51. The van der Waals surface area contributed by atoms with Crippen molar-refractivity contribution >= 4 is 11.7 Å². The minimum atomic E-state index is -0.638. The lowest BCUT2D eigenvalue weighted by Gasteiger charge is -2.02. The molecule has 2 aromatic heterocycles. The first-order valence-corrected chi connectivity index (χ1v) is 7.37. The van der Waals surface area contributed by atoms with Crippen LogP contribution in [0.2, 0.25) is 0 Å². The smallest absolute Gasteiger partial charge is 0.345 e. The van der Waals surface area contributed by atoms with Gasteiger partial charge in [0.15, 0.2) is 0 Å². The predicted molar refractivity (Wildman–Crippen MR) is 86.7 cm³/mol. The SMILES string of the molecule is CCOC(=O)c1c[nH]c2nc(-c3ccc(C)cc3)c(C)n2c1=O. The van der Waals surface area contributed by atoms with E-state index in [4.69, 9.17) is 4.74 Å². The van der Waals surface area contributed by atoms with Crippen LogP contribution in [0.3, 0.4) is 0 Å². The summed E-state index contributed by atoms with van der Waals surface area (Å²) in [4.78, 5) is 31.8. The third-order valence-corrected chi connectivity index (χ3v) is 3.71. The lowest BCUT2D eigenvalue weighted by atomic mass is 10.1. The first-order chi connectivity index (χ1) is 11.0. The Balaban J connectivity index is 2.19. The van der Waals surface area contributed by atoms with E-state index in [0.717, 1.165) is 11.1 Å². The van der Waals surface area contributed by atoms with Gasteiger partial charge in [-0.3, -0.25) is 4.79 Å². The van der Waals surface area contributed by atoms with E-state index >= 15 is 0 Å². The zero-order valence-electron chi connectivity index (χ0n) is 13.2. The van der Waals surface area contributed by atoms with Crippen LogP contribution in [0.4, 0.5) is 0 Å². The van der Waals surface area contributed by atoms with Crippen LogP contribution in [0.25, 0.3) is 17.0 Å². The van der Waals surface area contributed by atoms with Crippen molar-refractivity contribution in [1.82, 2.24) is 14.4 Å². The highest BCUT2D eigenvalue weighted by atomic mass is 16.5. The number of carbonyl (C=O) groups is 1. The summed E-state index contributed by atoms with van der Waals surface area (Å²) < 4.78 is 6.31. The van der Waals surface area contributed by atoms with Gasteiger partial charge in [-0.25, -0.2) is 14.2 Å². The topological polar surface area (TPSA) is 76.5 Å². The van der Waals surface area contributed by atoms with Crippen LogP contribution in [0, 0.1) is 13.8 Å². The molecule has 0 aliphatic rings. The quantitative estimate of drug-likeness (QED) is 0.754. The normalized spacial score (nSPS) is 10.9. The molecule has 2 heterocycles. The minimum Gasteiger partial charge on any atom is -0.462 e. The molecule has 0 fully saturated rings. The van der Waals surface area contributed by atoms with Crippen molar-refractivity contribution in [3.63, 3.8) is 0 Å². The molecule has 23 heavy (non-hydrogen) atoms. The summed E-state index contributed by atoms with van der Waals surface area (Å²) in [6.07, 6.45) is 1.35. The Bertz CT molecular complexity index is 936. The molecular formula is C17H17N3O3. The molecule has 6 nitrogen and oxygen atoms in total. The molecule has 0 radical (unpaired) electrons. The van der Waals surface area contributed by atoms with Gasteiger partial charge in [-0.1, -0.05) is 29.8 Å². The number of benzene rings is 1. The van der Waals surface area contributed by atoms with E-state index in [9.17, 15) is 9.59 Å². The fraction of sp³-hybridized carbons (Fsp3) is 0.235. The summed E-state index contributed by atoms with van der Waals surface area (Å²) in [6, 6.07) is 7.90. The van der Waals surface area contributed by atoms with E-state index in [1.807, 2.05) is 31.2 Å². The fourth-order valence-electron chi connectivity index (χ4n) is 2.51. The molecule has 0 atom stereocenters. The molecular weight excluding hydrogens is 294 g/mol. The number of imidazole rings is 1. The Labute approximate surface area is 132 Å². The highest BCUT2D eigenvalue weighted by Gasteiger charge is 2.18. The van der Waals surface area contributed by atoms with Crippen molar-refractivity contribution in [2.75, 3.05) is 6.61 Å². The third kappa shape index (κ3) is 2.52. The molecule has 0 spiro atoms. The molecule has 0 unspecified atom stereocenters. The predicted octanol–water partition coefficient (Wildman–Crippen LogP) is 2.48. The number of ether oxygens (including phenoxy) is 1. The molecule has 3 rings (SSSR count). The van der Waals surface area contributed by atoms with Crippen LogP contribution >= 0.6 is 0 Å². The lowest BCUT2D eigenvalue weighted by Crippen LogP contribution is -2.24. The number of H-pyrrole nitrogens is 1. The molecule has 0 aliphatic carbocycles. The molecule has 1 aromatic carbocycles. The molecule has 1 N–H and O–H groups in total. The molecule has 3 aromatic rings. The first-order valence-electron chi connectivity index (χ1n) is 7.37. The van der Waals surface area contributed by atoms with Gasteiger partial charge >= 0.3 is 5.97 Å². The van der Waals surface area contributed by atoms with Crippen molar-refractivity contribution < 1.29 is 9.53 Å². The van der Waals surface area contributed by atoms with Gasteiger partial charge in [0.2, 0.25) is 5.78 Å². The van der Waals surface area contributed by atoms with Crippen LogP contribution in [0.15, 0.2) is 35.3 Å². The van der Waals surface area contributed by atoms with Crippen LogP contribution in [0.5, 0.6) is 0 Å². The summed E-state index contributed by atoms with van der Waals surface area (Å²) in [5.74, 6) is -0.239. The van der Waals surface area contributed by atoms with Gasteiger partial charge in [0, 0.05) is 11.8 Å². The number of aromatic amines is 1. The minimum absolute atomic E-state index is 0.0321. The van der Waals surface area contributed by atoms with Gasteiger partial charge in [0.05, 0.1) is 18.0 Å². The van der Waals surface area contributed by atoms with Crippen LogP contribution < -0.4 is 5.56 Å². The Morgan fingerprint density at radius 2 is 1.96 bits per heavy atom. The first kappa shape index (κ1) is 15.0. The number of aromatic nitrogens is 3.